The molecule has 0 atom stereocenters. The molecule has 0 saturated carbocycles. The van der Waals surface area contributed by atoms with Crippen LogP contribution in [0, 0.1) is 5.92 Å². The third kappa shape index (κ3) is 2.72. The molecule has 5 heteroatoms. The maximum absolute atomic E-state index is 14.3. The van der Waals surface area contributed by atoms with E-state index in [9.17, 15) is 4.39 Å². The Labute approximate surface area is 104 Å². The van der Waals surface area contributed by atoms with Gasteiger partial charge in [-0.25, -0.2) is 4.39 Å². The van der Waals surface area contributed by atoms with Crippen molar-refractivity contribution >= 4 is 7.12 Å². The largest absolute Gasteiger partial charge is 0.525 e. The summed E-state index contributed by atoms with van der Waals surface area (Å²) in [5.41, 5.74) is 4.71. The van der Waals surface area contributed by atoms with Gasteiger partial charge in [-0.15, -0.1) is 0 Å². The van der Waals surface area contributed by atoms with Gasteiger partial charge in [0.05, 0.1) is 11.2 Å². The Balaban J connectivity index is 2.98. The molecule has 1 aliphatic heterocycles. The minimum Gasteiger partial charge on any atom is -0.398 e. The molecule has 0 amide bonds. The molecule has 1 fully saturated rings. The second-order valence-corrected chi connectivity index (χ2v) is 5.82. The lowest BCUT2D eigenvalue weighted by Gasteiger charge is -2.32. The van der Waals surface area contributed by atoms with Crippen LogP contribution >= 0.6 is 0 Å². The summed E-state index contributed by atoms with van der Waals surface area (Å²) < 4.78 is 25.6. The molecular weight excluding hydrogens is 220 g/mol. The van der Waals surface area contributed by atoms with Crippen molar-refractivity contribution in [3.63, 3.8) is 0 Å². The Morgan fingerprint density at radius 3 is 1.88 bits per heavy atom. The van der Waals surface area contributed by atoms with E-state index in [0.29, 0.717) is 5.57 Å². The average Bonchev–Trinajstić information content (AvgIpc) is 2.36. The summed E-state index contributed by atoms with van der Waals surface area (Å²) in [5.74, 6) is 0.0547. The van der Waals surface area contributed by atoms with E-state index in [1.807, 2.05) is 41.5 Å². The number of hydrogen-bond donors (Lipinski definition) is 1. The molecule has 0 bridgehead atoms. The van der Waals surface area contributed by atoms with Gasteiger partial charge in [0.15, 0.2) is 0 Å². The Morgan fingerprint density at radius 2 is 1.59 bits per heavy atom. The van der Waals surface area contributed by atoms with Gasteiger partial charge >= 0.3 is 7.12 Å². The van der Waals surface area contributed by atoms with Crippen LogP contribution < -0.4 is 5.73 Å². The van der Waals surface area contributed by atoms with Gasteiger partial charge in [-0.1, -0.05) is 13.8 Å². The van der Waals surface area contributed by atoms with Crippen LogP contribution in [0.3, 0.4) is 0 Å². The van der Waals surface area contributed by atoms with Crippen LogP contribution in [0.25, 0.3) is 0 Å². The lowest BCUT2D eigenvalue weighted by molar-refractivity contribution is 0.00578. The minimum atomic E-state index is -0.930. The summed E-state index contributed by atoms with van der Waals surface area (Å²) in [4.78, 5) is 0. The molecule has 0 spiro atoms. The van der Waals surface area contributed by atoms with Crippen molar-refractivity contribution in [2.24, 2.45) is 11.7 Å². The van der Waals surface area contributed by atoms with Crippen LogP contribution in [0.4, 0.5) is 4.39 Å². The first-order valence-corrected chi connectivity index (χ1v) is 6.06. The van der Waals surface area contributed by atoms with E-state index in [-0.39, 0.29) is 18.2 Å². The van der Waals surface area contributed by atoms with E-state index >= 15 is 0 Å². The Morgan fingerprint density at radius 1 is 1.18 bits per heavy atom. The summed E-state index contributed by atoms with van der Waals surface area (Å²) >= 11 is 0. The summed E-state index contributed by atoms with van der Waals surface area (Å²) in [5, 5.41) is 0. The van der Waals surface area contributed by atoms with Gasteiger partial charge in [0.25, 0.3) is 0 Å². The molecule has 0 aliphatic carbocycles. The molecular formula is C12H23BFNO2. The van der Waals surface area contributed by atoms with Crippen molar-refractivity contribution in [3.05, 3.63) is 11.3 Å². The fourth-order valence-electron chi connectivity index (χ4n) is 1.71. The first kappa shape index (κ1) is 14.7. The standard InChI is InChI=1S/C12H23BFNO2/c1-8(2)9(7-15)10(14)13-16-11(3,4)12(5,6)17-13/h8H,7,15H2,1-6H3. The van der Waals surface area contributed by atoms with Crippen molar-refractivity contribution in [2.45, 2.75) is 52.7 Å². The fourth-order valence-corrected chi connectivity index (χ4v) is 1.71. The summed E-state index contributed by atoms with van der Waals surface area (Å²) in [7, 11) is -0.930. The van der Waals surface area contributed by atoms with E-state index in [1.165, 1.54) is 0 Å². The lowest BCUT2D eigenvalue weighted by Crippen LogP contribution is -2.41. The van der Waals surface area contributed by atoms with Crippen LogP contribution in [0.15, 0.2) is 11.3 Å². The maximum Gasteiger partial charge on any atom is 0.525 e. The molecule has 0 unspecified atom stereocenters. The Hall–Kier alpha value is -0.385. The number of halogens is 1. The highest BCUT2D eigenvalue weighted by atomic mass is 19.1. The summed E-state index contributed by atoms with van der Waals surface area (Å²) in [6.07, 6.45) is 0. The Bertz CT molecular complexity index is 310. The quantitative estimate of drug-likeness (QED) is 0.774. The monoisotopic (exact) mass is 243 g/mol. The average molecular weight is 243 g/mol. The molecule has 2 N–H and O–H groups in total. The third-order valence-electron chi connectivity index (χ3n) is 3.68. The molecule has 1 aliphatic rings. The van der Waals surface area contributed by atoms with Gasteiger partial charge in [0.1, 0.15) is 5.73 Å². The lowest BCUT2D eigenvalue weighted by atomic mass is 9.81. The van der Waals surface area contributed by atoms with Crippen molar-refractivity contribution in [1.29, 1.82) is 0 Å². The molecule has 1 saturated heterocycles. The predicted molar refractivity (Wildman–Crippen MR) is 68.1 cm³/mol. The van der Waals surface area contributed by atoms with Crippen molar-refractivity contribution in [1.82, 2.24) is 0 Å². The smallest absolute Gasteiger partial charge is 0.398 e. The third-order valence-corrected chi connectivity index (χ3v) is 3.68. The van der Waals surface area contributed by atoms with E-state index in [2.05, 4.69) is 0 Å². The molecule has 1 heterocycles. The van der Waals surface area contributed by atoms with Gasteiger partial charge in [-0.05, 0) is 39.2 Å². The van der Waals surface area contributed by atoms with Crippen LogP contribution in [0.1, 0.15) is 41.5 Å². The van der Waals surface area contributed by atoms with Crippen molar-refractivity contribution < 1.29 is 13.7 Å². The SMILES string of the molecule is CC(C)C(CN)=C(F)B1OC(C)(C)C(C)(C)O1. The predicted octanol–water partition coefficient (Wildman–Crippen LogP) is 2.46. The van der Waals surface area contributed by atoms with Crippen LogP contribution in [-0.2, 0) is 9.31 Å². The molecule has 0 aromatic heterocycles. The second-order valence-electron chi connectivity index (χ2n) is 5.82. The van der Waals surface area contributed by atoms with Gasteiger partial charge in [-0.2, -0.15) is 0 Å². The fraction of sp³-hybridized carbons (Fsp3) is 0.833. The molecule has 17 heavy (non-hydrogen) atoms. The number of rotatable bonds is 3. The van der Waals surface area contributed by atoms with Crippen LogP contribution in [0.2, 0.25) is 0 Å². The summed E-state index contributed by atoms with van der Waals surface area (Å²) in [6.45, 7) is 11.6. The minimum absolute atomic E-state index is 0.0547. The Kier molecular flexibility index (Phi) is 4.06. The molecule has 3 nitrogen and oxygen atoms in total. The highest BCUT2D eigenvalue weighted by Gasteiger charge is 2.53. The first-order valence-electron chi connectivity index (χ1n) is 6.06. The molecule has 0 aromatic rings. The summed E-state index contributed by atoms with van der Waals surface area (Å²) in [6, 6.07) is 0. The van der Waals surface area contributed by atoms with Gasteiger partial charge in [0, 0.05) is 6.54 Å². The van der Waals surface area contributed by atoms with Crippen molar-refractivity contribution in [3.8, 4) is 0 Å². The van der Waals surface area contributed by atoms with Gasteiger partial charge in [-0.3, -0.25) is 0 Å². The van der Waals surface area contributed by atoms with E-state index < -0.39 is 18.3 Å². The molecule has 0 radical (unpaired) electrons. The number of hydrogen-bond acceptors (Lipinski definition) is 3. The van der Waals surface area contributed by atoms with E-state index in [4.69, 9.17) is 15.0 Å². The molecule has 98 valence electrons. The van der Waals surface area contributed by atoms with Gasteiger partial charge < -0.3 is 15.0 Å². The van der Waals surface area contributed by atoms with Crippen molar-refractivity contribution in [2.75, 3.05) is 6.54 Å². The maximum atomic E-state index is 14.3. The first-order chi connectivity index (χ1) is 7.62. The number of nitrogens with two attached hydrogens (primary N) is 1. The van der Waals surface area contributed by atoms with Crippen LogP contribution in [-0.4, -0.2) is 24.9 Å². The second kappa shape index (κ2) is 4.71. The zero-order valence-corrected chi connectivity index (χ0v) is 11.6. The normalized spacial score (nSPS) is 24.2. The molecule has 0 aromatic carbocycles. The highest BCUT2D eigenvalue weighted by molar-refractivity contribution is 6.53. The van der Waals surface area contributed by atoms with E-state index in [0.717, 1.165) is 0 Å². The van der Waals surface area contributed by atoms with Crippen LogP contribution in [0.5, 0.6) is 0 Å². The zero-order valence-electron chi connectivity index (χ0n) is 11.6. The molecule has 1 rings (SSSR count). The highest BCUT2D eigenvalue weighted by Crippen LogP contribution is 2.39. The topological polar surface area (TPSA) is 44.5 Å². The van der Waals surface area contributed by atoms with Gasteiger partial charge in [0.2, 0.25) is 0 Å². The van der Waals surface area contributed by atoms with E-state index in [1.54, 1.807) is 0 Å². The zero-order chi connectivity index (χ0) is 13.4.